The number of cyclic esters (lactones) is 1. The summed E-state index contributed by atoms with van der Waals surface area (Å²) in [4.78, 5) is 19.5. The van der Waals surface area contributed by atoms with Gasteiger partial charge >= 0.3 is 5.97 Å². The molecule has 2 aromatic rings. The fourth-order valence-electron chi connectivity index (χ4n) is 1.79. The van der Waals surface area contributed by atoms with Crippen molar-refractivity contribution in [1.82, 2.24) is 9.97 Å². The maximum atomic E-state index is 11.3. The molecule has 1 aliphatic rings. The number of esters is 1. The van der Waals surface area contributed by atoms with Crippen molar-refractivity contribution in [3.05, 3.63) is 30.6 Å². The molecule has 2 heterocycles. The topological polar surface area (TPSA) is 61.3 Å². The summed E-state index contributed by atoms with van der Waals surface area (Å²) in [6.07, 6.45) is 1.45. The lowest BCUT2D eigenvalue weighted by Crippen LogP contribution is -2.22. The summed E-state index contributed by atoms with van der Waals surface area (Å²) in [6, 6.07) is 7.51. The number of hydrogen-bond donors (Lipinski definition) is 0. The molecular weight excluding hydrogens is 220 g/mol. The molecule has 0 N–H and O–H groups in total. The number of carbonyl (C=O) groups is 1. The Kier molecular flexibility index (Phi) is 2.36. The Bertz CT molecular complexity index is 565. The molecule has 3 rings (SSSR count). The first-order chi connectivity index (χ1) is 8.34. The largest absolute Gasteiger partial charge is 0.463 e. The van der Waals surface area contributed by atoms with Gasteiger partial charge in [0.25, 0.3) is 0 Å². The van der Waals surface area contributed by atoms with Crippen LogP contribution >= 0.6 is 0 Å². The van der Waals surface area contributed by atoms with Crippen LogP contribution < -0.4 is 4.74 Å². The van der Waals surface area contributed by atoms with Gasteiger partial charge in [-0.2, -0.15) is 0 Å². The number of aromatic nitrogens is 2. The zero-order valence-electron chi connectivity index (χ0n) is 9.00. The molecule has 17 heavy (non-hydrogen) atoms. The van der Waals surface area contributed by atoms with Crippen LogP contribution in [0.5, 0.6) is 5.88 Å². The molecule has 1 unspecified atom stereocenters. The van der Waals surface area contributed by atoms with Crippen LogP contribution in [0, 0.1) is 0 Å². The van der Waals surface area contributed by atoms with Crippen molar-refractivity contribution in [2.24, 2.45) is 0 Å². The Morgan fingerprint density at radius 2 is 2.18 bits per heavy atom. The monoisotopic (exact) mass is 230 g/mol. The van der Waals surface area contributed by atoms with Crippen molar-refractivity contribution in [2.75, 3.05) is 6.61 Å². The van der Waals surface area contributed by atoms with Gasteiger partial charge in [-0.15, -0.1) is 0 Å². The quantitative estimate of drug-likeness (QED) is 0.728. The highest BCUT2D eigenvalue weighted by molar-refractivity contribution is 5.84. The third-order valence-corrected chi connectivity index (χ3v) is 2.65. The molecule has 1 aromatic heterocycles. The average Bonchev–Trinajstić information content (AvgIpc) is 2.76. The van der Waals surface area contributed by atoms with Crippen molar-refractivity contribution in [3.8, 4) is 5.88 Å². The summed E-state index contributed by atoms with van der Waals surface area (Å²) in [5.74, 6) is 0.104. The van der Waals surface area contributed by atoms with Crippen LogP contribution in [0.4, 0.5) is 0 Å². The third-order valence-electron chi connectivity index (χ3n) is 2.65. The van der Waals surface area contributed by atoms with Gasteiger partial charge in [0.1, 0.15) is 6.33 Å². The molecule has 0 saturated carbocycles. The summed E-state index contributed by atoms with van der Waals surface area (Å²) in [7, 11) is 0. The van der Waals surface area contributed by atoms with Gasteiger partial charge < -0.3 is 9.47 Å². The average molecular weight is 230 g/mol. The number of carbonyl (C=O) groups excluding carboxylic acids is 1. The molecule has 86 valence electrons. The van der Waals surface area contributed by atoms with Crippen molar-refractivity contribution in [2.45, 2.75) is 12.5 Å². The van der Waals surface area contributed by atoms with E-state index < -0.39 is 6.10 Å². The summed E-state index contributed by atoms with van der Waals surface area (Å²) >= 11 is 0. The molecule has 1 aliphatic heterocycles. The maximum Gasteiger partial charge on any atom is 0.347 e. The molecule has 5 heteroatoms. The van der Waals surface area contributed by atoms with E-state index in [-0.39, 0.29) is 5.97 Å². The molecule has 1 saturated heterocycles. The van der Waals surface area contributed by atoms with Gasteiger partial charge in [-0.1, -0.05) is 12.1 Å². The lowest BCUT2D eigenvalue weighted by atomic mass is 10.2. The zero-order valence-corrected chi connectivity index (χ0v) is 9.00. The van der Waals surface area contributed by atoms with Gasteiger partial charge in [-0.05, 0) is 12.1 Å². The molecule has 1 fully saturated rings. The number of para-hydroxylation sites is 1. The van der Waals surface area contributed by atoms with Gasteiger partial charge in [0.15, 0.2) is 0 Å². The van der Waals surface area contributed by atoms with Gasteiger partial charge in [-0.3, -0.25) is 0 Å². The number of ether oxygens (including phenoxy) is 2. The van der Waals surface area contributed by atoms with E-state index in [4.69, 9.17) is 9.47 Å². The lowest BCUT2D eigenvalue weighted by Gasteiger charge is -2.10. The van der Waals surface area contributed by atoms with Crippen LogP contribution in [0.2, 0.25) is 0 Å². The number of hydrogen-bond acceptors (Lipinski definition) is 5. The zero-order chi connectivity index (χ0) is 11.7. The minimum atomic E-state index is -0.548. The van der Waals surface area contributed by atoms with E-state index in [2.05, 4.69) is 9.97 Å². The summed E-state index contributed by atoms with van der Waals surface area (Å²) in [6.45, 7) is 0.409. The molecule has 1 aromatic carbocycles. The fraction of sp³-hybridized carbons (Fsp3) is 0.250. The molecule has 0 bridgehead atoms. The van der Waals surface area contributed by atoms with Gasteiger partial charge in [0.2, 0.25) is 12.0 Å². The van der Waals surface area contributed by atoms with Gasteiger partial charge in [-0.25, -0.2) is 14.8 Å². The first-order valence-corrected chi connectivity index (χ1v) is 5.37. The molecule has 0 spiro atoms. The van der Waals surface area contributed by atoms with E-state index in [0.29, 0.717) is 18.9 Å². The summed E-state index contributed by atoms with van der Waals surface area (Å²) in [5.41, 5.74) is 0.795. The molecule has 0 amide bonds. The molecule has 1 atom stereocenters. The standard InChI is InChI=1S/C12H10N2O3/c15-12-10(5-6-16-12)17-11-8-3-1-2-4-9(8)13-7-14-11/h1-4,7,10H,5-6H2. The molecule has 0 radical (unpaired) electrons. The number of rotatable bonds is 2. The van der Waals surface area contributed by atoms with Crippen LogP contribution in [-0.2, 0) is 9.53 Å². The minimum Gasteiger partial charge on any atom is -0.463 e. The molecular formula is C12H10N2O3. The van der Waals surface area contributed by atoms with Crippen molar-refractivity contribution >= 4 is 16.9 Å². The predicted octanol–water partition coefficient (Wildman–Crippen LogP) is 1.32. The minimum absolute atomic E-state index is 0.326. The van der Waals surface area contributed by atoms with E-state index in [1.807, 2.05) is 24.3 Å². The highest BCUT2D eigenvalue weighted by Crippen LogP contribution is 2.23. The van der Waals surface area contributed by atoms with Crippen LogP contribution in [0.25, 0.3) is 10.9 Å². The summed E-state index contributed by atoms with van der Waals surface area (Å²) in [5, 5.41) is 0.801. The maximum absolute atomic E-state index is 11.3. The van der Waals surface area contributed by atoms with Crippen LogP contribution in [0.3, 0.4) is 0 Å². The van der Waals surface area contributed by atoms with Crippen molar-refractivity contribution < 1.29 is 14.3 Å². The van der Waals surface area contributed by atoms with Crippen LogP contribution in [0.1, 0.15) is 6.42 Å². The van der Waals surface area contributed by atoms with Crippen molar-refractivity contribution in [1.29, 1.82) is 0 Å². The lowest BCUT2D eigenvalue weighted by molar-refractivity contribution is -0.143. The van der Waals surface area contributed by atoms with Crippen molar-refractivity contribution in [3.63, 3.8) is 0 Å². The van der Waals surface area contributed by atoms with Gasteiger partial charge in [0, 0.05) is 6.42 Å². The number of benzene rings is 1. The van der Waals surface area contributed by atoms with Gasteiger partial charge in [0.05, 0.1) is 17.5 Å². The number of nitrogens with zero attached hydrogens (tertiary/aromatic N) is 2. The Balaban J connectivity index is 1.97. The Morgan fingerprint density at radius 3 is 3.00 bits per heavy atom. The van der Waals surface area contributed by atoms with E-state index in [1.165, 1.54) is 6.33 Å². The van der Waals surface area contributed by atoms with E-state index in [0.717, 1.165) is 10.9 Å². The van der Waals surface area contributed by atoms with E-state index in [9.17, 15) is 4.79 Å². The second-order valence-electron chi connectivity index (χ2n) is 3.76. The highest BCUT2D eigenvalue weighted by atomic mass is 16.6. The highest BCUT2D eigenvalue weighted by Gasteiger charge is 2.29. The van der Waals surface area contributed by atoms with E-state index in [1.54, 1.807) is 0 Å². The second kappa shape index (κ2) is 4.01. The Labute approximate surface area is 97.4 Å². The third kappa shape index (κ3) is 1.80. The second-order valence-corrected chi connectivity index (χ2v) is 3.76. The predicted molar refractivity (Wildman–Crippen MR) is 59.5 cm³/mol. The fourth-order valence-corrected chi connectivity index (χ4v) is 1.79. The Hall–Kier alpha value is -2.17. The summed E-state index contributed by atoms with van der Waals surface area (Å²) < 4.78 is 10.4. The first-order valence-electron chi connectivity index (χ1n) is 5.37. The molecule has 5 nitrogen and oxygen atoms in total. The first kappa shape index (κ1) is 10.0. The molecule has 0 aliphatic carbocycles. The SMILES string of the molecule is O=C1OCCC1Oc1ncnc2ccccc12. The van der Waals surface area contributed by atoms with Crippen LogP contribution in [0.15, 0.2) is 30.6 Å². The van der Waals surface area contributed by atoms with Crippen LogP contribution in [-0.4, -0.2) is 28.6 Å². The number of fused-ring (bicyclic) bond motifs is 1. The normalized spacial score (nSPS) is 19.3. The smallest absolute Gasteiger partial charge is 0.347 e. The van der Waals surface area contributed by atoms with E-state index >= 15 is 0 Å². The Morgan fingerprint density at radius 1 is 1.29 bits per heavy atom.